The molecule has 3 nitrogen and oxygen atoms in total. The van der Waals surface area contributed by atoms with Crippen molar-refractivity contribution in [3.63, 3.8) is 0 Å². The predicted octanol–water partition coefficient (Wildman–Crippen LogP) is 4.06. The van der Waals surface area contributed by atoms with E-state index < -0.39 is 0 Å². The topological polar surface area (TPSA) is 52.9 Å². The third-order valence-electron chi connectivity index (χ3n) is 2.81. The van der Waals surface area contributed by atoms with Crippen LogP contribution >= 0.6 is 11.8 Å². The number of nitrogens with one attached hydrogen (secondary N) is 1. The Hall–Kier alpha value is -1.47. The van der Waals surface area contributed by atoms with Crippen molar-refractivity contribution in [3.05, 3.63) is 29.8 Å². The summed E-state index contributed by atoms with van der Waals surface area (Å²) in [7, 11) is 0. The van der Waals surface area contributed by atoms with Crippen LogP contribution in [0.1, 0.15) is 38.7 Å². The van der Waals surface area contributed by atoms with Crippen molar-refractivity contribution in [2.24, 2.45) is 5.92 Å². The van der Waals surface area contributed by atoms with Crippen LogP contribution in [0.2, 0.25) is 0 Å². The lowest BCUT2D eigenvalue weighted by Crippen LogP contribution is -2.11. The van der Waals surface area contributed by atoms with E-state index in [4.69, 9.17) is 5.26 Å². The molecular formula is C16H22N2OS. The van der Waals surface area contributed by atoms with E-state index in [0.29, 0.717) is 17.7 Å². The summed E-state index contributed by atoms with van der Waals surface area (Å²) in [6, 6.07) is 9.05. The Balaban J connectivity index is 2.19. The number of benzene rings is 1. The Labute approximate surface area is 125 Å². The van der Waals surface area contributed by atoms with Crippen molar-refractivity contribution in [1.82, 2.24) is 0 Å². The lowest BCUT2D eigenvalue weighted by Gasteiger charge is -2.06. The van der Waals surface area contributed by atoms with Crippen LogP contribution in [-0.4, -0.2) is 17.4 Å². The van der Waals surface area contributed by atoms with Gasteiger partial charge in [-0.15, -0.1) is 0 Å². The van der Waals surface area contributed by atoms with E-state index in [1.54, 1.807) is 24.3 Å². The molecule has 0 fully saturated rings. The largest absolute Gasteiger partial charge is 0.326 e. The molecule has 0 saturated carbocycles. The zero-order valence-electron chi connectivity index (χ0n) is 12.2. The molecular weight excluding hydrogens is 268 g/mol. The molecule has 20 heavy (non-hydrogen) atoms. The van der Waals surface area contributed by atoms with Gasteiger partial charge in [-0.3, -0.25) is 4.79 Å². The molecule has 1 N–H and O–H groups in total. The molecule has 0 heterocycles. The summed E-state index contributed by atoms with van der Waals surface area (Å²) in [6.45, 7) is 4.45. The number of nitriles is 1. The Morgan fingerprint density at radius 1 is 1.40 bits per heavy atom. The lowest BCUT2D eigenvalue weighted by atomic mass is 10.2. The van der Waals surface area contributed by atoms with Gasteiger partial charge in [-0.25, -0.2) is 0 Å². The molecule has 0 atom stereocenters. The normalized spacial score (nSPS) is 10.3. The van der Waals surface area contributed by atoms with Crippen LogP contribution in [0.4, 0.5) is 5.69 Å². The molecule has 0 radical (unpaired) electrons. The van der Waals surface area contributed by atoms with Gasteiger partial charge >= 0.3 is 0 Å². The maximum absolute atomic E-state index is 11.7. The second-order valence-electron chi connectivity index (χ2n) is 5.14. The standard InChI is InChI=1S/C16H22N2OS/c1-13(2)8-10-20-9-4-7-16(19)18-15-6-3-5-14(11-15)12-17/h3,5-6,11,13H,4,7-10H2,1-2H3,(H,18,19). The number of thioether (sulfide) groups is 1. The number of rotatable bonds is 8. The van der Waals surface area contributed by atoms with Crippen LogP contribution < -0.4 is 5.32 Å². The summed E-state index contributed by atoms with van der Waals surface area (Å²) in [6.07, 6.45) is 2.66. The average molecular weight is 290 g/mol. The smallest absolute Gasteiger partial charge is 0.224 e. The van der Waals surface area contributed by atoms with Crippen molar-refractivity contribution in [2.45, 2.75) is 33.1 Å². The summed E-state index contributed by atoms with van der Waals surface area (Å²) >= 11 is 1.91. The minimum absolute atomic E-state index is 0.0181. The van der Waals surface area contributed by atoms with Crippen LogP contribution in [0.15, 0.2) is 24.3 Å². The van der Waals surface area contributed by atoms with Crippen LogP contribution in [0, 0.1) is 17.2 Å². The summed E-state index contributed by atoms with van der Waals surface area (Å²) < 4.78 is 0. The number of carbonyl (C=O) groups excluding carboxylic acids is 1. The first-order chi connectivity index (χ1) is 9.61. The second kappa shape index (κ2) is 9.44. The maximum Gasteiger partial charge on any atom is 0.224 e. The number of amides is 1. The minimum atomic E-state index is 0.0181. The summed E-state index contributed by atoms with van der Waals surface area (Å²) in [4.78, 5) is 11.7. The van der Waals surface area contributed by atoms with Crippen molar-refractivity contribution >= 4 is 23.4 Å². The van der Waals surface area contributed by atoms with E-state index >= 15 is 0 Å². The summed E-state index contributed by atoms with van der Waals surface area (Å²) in [5.74, 6) is 2.96. The average Bonchev–Trinajstić information content (AvgIpc) is 2.42. The minimum Gasteiger partial charge on any atom is -0.326 e. The molecule has 4 heteroatoms. The van der Waals surface area contributed by atoms with Crippen LogP contribution in [-0.2, 0) is 4.79 Å². The number of nitrogens with zero attached hydrogens (tertiary/aromatic N) is 1. The van der Waals surface area contributed by atoms with E-state index in [1.165, 1.54) is 12.2 Å². The van der Waals surface area contributed by atoms with E-state index in [0.717, 1.165) is 18.1 Å². The molecule has 0 aromatic heterocycles. The second-order valence-corrected chi connectivity index (χ2v) is 6.36. The number of hydrogen-bond acceptors (Lipinski definition) is 3. The Bertz CT molecular complexity index is 466. The van der Waals surface area contributed by atoms with E-state index in [-0.39, 0.29) is 5.91 Å². The van der Waals surface area contributed by atoms with Gasteiger partial charge in [-0.1, -0.05) is 19.9 Å². The molecule has 0 aliphatic heterocycles. The van der Waals surface area contributed by atoms with Gasteiger partial charge in [0.1, 0.15) is 0 Å². The van der Waals surface area contributed by atoms with Gasteiger partial charge in [0.05, 0.1) is 11.6 Å². The van der Waals surface area contributed by atoms with E-state index in [1.807, 2.05) is 11.8 Å². The molecule has 1 amide bonds. The quantitative estimate of drug-likeness (QED) is 0.735. The SMILES string of the molecule is CC(C)CCSCCCC(=O)Nc1cccc(C#N)c1. The van der Waals surface area contributed by atoms with Crippen LogP contribution in [0.5, 0.6) is 0 Å². The highest BCUT2D eigenvalue weighted by molar-refractivity contribution is 7.99. The van der Waals surface area contributed by atoms with Crippen molar-refractivity contribution in [1.29, 1.82) is 5.26 Å². The molecule has 1 aromatic rings. The lowest BCUT2D eigenvalue weighted by molar-refractivity contribution is -0.116. The molecule has 1 rings (SSSR count). The molecule has 0 aliphatic rings. The van der Waals surface area contributed by atoms with Gasteiger partial charge < -0.3 is 5.32 Å². The molecule has 108 valence electrons. The number of carbonyl (C=O) groups is 1. The zero-order chi connectivity index (χ0) is 14.8. The van der Waals surface area contributed by atoms with Gasteiger partial charge in [0.25, 0.3) is 0 Å². The molecule has 0 unspecified atom stereocenters. The van der Waals surface area contributed by atoms with E-state index in [2.05, 4.69) is 25.2 Å². The molecule has 1 aromatic carbocycles. The first kappa shape index (κ1) is 16.6. The Kier molecular flexibility index (Phi) is 7.82. The third kappa shape index (κ3) is 7.20. The first-order valence-corrected chi connectivity index (χ1v) is 8.15. The zero-order valence-corrected chi connectivity index (χ0v) is 13.0. The summed E-state index contributed by atoms with van der Waals surface area (Å²) in [5, 5.41) is 11.6. The number of hydrogen-bond donors (Lipinski definition) is 1. The third-order valence-corrected chi connectivity index (χ3v) is 3.91. The fraction of sp³-hybridized carbons (Fsp3) is 0.500. The van der Waals surface area contributed by atoms with Crippen molar-refractivity contribution in [3.8, 4) is 6.07 Å². The fourth-order valence-electron chi connectivity index (χ4n) is 1.65. The molecule has 0 aliphatic carbocycles. The highest BCUT2D eigenvalue weighted by Gasteiger charge is 2.03. The Morgan fingerprint density at radius 3 is 2.90 bits per heavy atom. The van der Waals surface area contributed by atoms with Gasteiger partial charge in [0.15, 0.2) is 0 Å². The van der Waals surface area contributed by atoms with Crippen molar-refractivity contribution in [2.75, 3.05) is 16.8 Å². The highest BCUT2D eigenvalue weighted by atomic mass is 32.2. The Morgan fingerprint density at radius 2 is 2.20 bits per heavy atom. The first-order valence-electron chi connectivity index (χ1n) is 6.99. The van der Waals surface area contributed by atoms with E-state index in [9.17, 15) is 4.79 Å². The van der Waals surface area contributed by atoms with Gasteiger partial charge in [-0.05, 0) is 48.5 Å². The van der Waals surface area contributed by atoms with Gasteiger partial charge in [0, 0.05) is 12.1 Å². The van der Waals surface area contributed by atoms with Crippen LogP contribution in [0.25, 0.3) is 0 Å². The van der Waals surface area contributed by atoms with Crippen molar-refractivity contribution < 1.29 is 4.79 Å². The molecule has 0 bridgehead atoms. The summed E-state index contributed by atoms with van der Waals surface area (Å²) in [5.41, 5.74) is 1.26. The maximum atomic E-state index is 11.7. The number of anilines is 1. The molecule has 0 spiro atoms. The van der Waals surface area contributed by atoms with Gasteiger partial charge in [0.2, 0.25) is 5.91 Å². The molecule has 0 saturated heterocycles. The predicted molar refractivity (Wildman–Crippen MR) is 85.8 cm³/mol. The monoisotopic (exact) mass is 290 g/mol. The van der Waals surface area contributed by atoms with Crippen LogP contribution in [0.3, 0.4) is 0 Å². The highest BCUT2D eigenvalue weighted by Crippen LogP contribution is 2.13. The van der Waals surface area contributed by atoms with Gasteiger partial charge in [-0.2, -0.15) is 17.0 Å². The fourth-order valence-corrected chi connectivity index (χ4v) is 2.84.